The summed E-state index contributed by atoms with van der Waals surface area (Å²) in [5, 5.41) is 12.4. The quantitative estimate of drug-likeness (QED) is 0.606. The van der Waals surface area contributed by atoms with Gasteiger partial charge in [0, 0.05) is 18.7 Å². The smallest absolute Gasteiger partial charge is 0.0431 e. The van der Waals surface area contributed by atoms with Gasteiger partial charge in [0.15, 0.2) is 0 Å². The Morgan fingerprint density at radius 3 is 2.25 bits per heavy atom. The SMILES string of the molecule is CC1(C)CCC(CN)(NCCCCO)CC1. The van der Waals surface area contributed by atoms with E-state index >= 15 is 0 Å². The Kier molecular flexibility index (Phi) is 5.22. The standard InChI is InChI=1S/C13H28N2O/c1-12(2)5-7-13(11-14,8-6-12)15-9-3-4-10-16/h15-16H,3-11,14H2,1-2H3. The van der Waals surface area contributed by atoms with Gasteiger partial charge in [0.1, 0.15) is 0 Å². The van der Waals surface area contributed by atoms with Gasteiger partial charge in [0.25, 0.3) is 0 Å². The van der Waals surface area contributed by atoms with Gasteiger partial charge in [-0.15, -0.1) is 0 Å². The van der Waals surface area contributed by atoms with Gasteiger partial charge >= 0.3 is 0 Å². The van der Waals surface area contributed by atoms with Crippen molar-refractivity contribution in [2.24, 2.45) is 11.1 Å². The summed E-state index contributed by atoms with van der Waals surface area (Å²) in [5.74, 6) is 0. The maximum atomic E-state index is 8.74. The summed E-state index contributed by atoms with van der Waals surface area (Å²) in [4.78, 5) is 0. The molecule has 4 N–H and O–H groups in total. The van der Waals surface area contributed by atoms with E-state index in [4.69, 9.17) is 10.8 Å². The first kappa shape index (κ1) is 13.9. The summed E-state index contributed by atoms with van der Waals surface area (Å²) >= 11 is 0. The van der Waals surface area contributed by atoms with E-state index in [2.05, 4.69) is 19.2 Å². The van der Waals surface area contributed by atoms with Crippen molar-refractivity contribution in [1.82, 2.24) is 5.32 Å². The molecule has 0 spiro atoms. The molecule has 0 bridgehead atoms. The predicted octanol–water partition coefficient (Wildman–Crippen LogP) is 1.65. The highest BCUT2D eigenvalue weighted by atomic mass is 16.2. The van der Waals surface area contributed by atoms with Crippen LogP contribution in [0.4, 0.5) is 0 Å². The second-order valence-corrected chi connectivity index (χ2v) is 6.01. The minimum atomic E-state index is 0.172. The van der Waals surface area contributed by atoms with E-state index in [-0.39, 0.29) is 5.54 Å². The molecule has 1 aliphatic carbocycles. The van der Waals surface area contributed by atoms with Gasteiger partial charge in [-0.3, -0.25) is 0 Å². The first-order valence-electron chi connectivity index (χ1n) is 6.60. The van der Waals surface area contributed by atoms with E-state index in [1.165, 1.54) is 25.7 Å². The lowest BCUT2D eigenvalue weighted by Crippen LogP contribution is -2.54. The molecule has 1 rings (SSSR count). The van der Waals surface area contributed by atoms with Crippen LogP contribution < -0.4 is 11.1 Å². The topological polar surface area (TPSA) is 58.3 Å². The first-order chi connectivity index (χ1) is 7.54. The van der Waals surface area contributed by atoms with Crippen molar-refractivity contribution in [2.45, 2.75) is 57.9 Å². The summed E-state index contributed by atoms with van der Waals surface area (Å²) in [5.41, 5.74) is 6.59. The van der Waals surface area contributed by atoms with Crippen LogP contribution in [-0.4, -0.2) is 30.3 Å². The maximum absolute atomic E-state index is 8.74. The van der Waals surface area contributed by atoms with E-state index in [0.717, 1.165) is 25.9 Å². The third kappa shape index (κ3) is 4.04. The summed E-state index contributed by atoms with van der Waals surface area (Å²) in [6.07, 6.45) is 6.83. The van der Waals surface area contributed by atoms with Gasteiger partial charge in [0.2, 0.25) is 0 Å². The van der Waals surface area contributed by atoms with E-state index in [9.17, 15) is 0 Å². The van der Waals surface area contributed by atoms with Crippen LogP contribution in [0.1, 0.15) is 52.4 Å². The Morgan fingerprint density at radius 2 is 1.75 bits per heavy atom. The number of rotatable bonds is 6. The number of hydrogen-bond donors (Lipinski definition) is 3. The van der Waals surface area contributed by atoms with Crippen molar-refractivity contribution in [3.8, 4) is 0 Å². The van der Waals surface area contributed by atoms with Gasteiger partial charge in [-0.1, -0.05) is 13.8 Å². The fraction of sp³-hybridized carbons (Fsp3) is 1.00. The normalized spacial score (nSPS) is 23.2. The van der Waals surface area contributed by atoms with E-state index in [1.54, 1.807) is 0 Å². The number of nitrogens with two attached hydrogens (primary N) is 1. The Balaban J connectivity index is 2.34. The predicted molar refractivity (Wildman–Crippen MR) is 68.4 cm³/mol. The van der Waals surface area contributed by atoms with Crippen molar-refractivity contribution in [3.05, 3.63) is 0 Å². The second-order valence-electron chi connectivity index (χ2n) is 6.01. The number of aliphatic hydroxyl groups excluding tert-OH is 1. The fourth-order valence-electron chi connectivity index (χ4n) is 2.45. The molecule has 1 aliphatic rings. The van der Waals surface area contributed by atoms with Gasteiger partial charge in [-0.25, -0.2) is 0 Å². The number of unbranched alkanes of at least 4 members (excludes halogenated alkanes) is 1. The number of aliphatic hydroxyl groups is 1. The highest BCUT2D eigenvalue weighted by Gasteiger charge is 2.36. The van der Waals surface area contributed by atoms with Crippen molar-refractivity contribution in [1.29, 1.82) is 0 Å². The molecular weight excluding hydrogens is 200 g/mol. The van der Waals surface area contributed by atoms with Crippen molar-refractivity contribution < 1.29 is 5.11 Å². The average molecular weight is 228 g/mol. The second kappa shape index (κ2) is 5.99. The van der Waals surface area contributed by atoms with E-state index in [0.29, 0.717) is 12.0 Å². The van der Waals surface area contributed by atoms with Crippen molar-refractivity contribution in [2.75, 3.05) is 19.7 Å². The lowest BCUT2D eigenvalue weighted by atomic mass is 9.69. The lowest BCUT2D eigenvalue weighted by Gasteiger charge is -2.43. The summed E-state index contributed by atoms with van der Waals surface area (Å²) in [6.45, 7) is 6.71. The van der Waals surface area contributed by atoms with E-state index < -0.39 is 0 Å². The molecular formula is C13H28N2O. The van der Waals surface area contributed by atoms with E-state index in [1.807, 2.05) is 0 Å². The first-order valence-corrected chi connectivity index (χ1v) is 6.60. The maximum Gasteiger partial charge on any atom is 0.0431 e. The molecule has 0 unspecified atom stereocenters. The highest BCUT2D eigenvalue weighted by molar-refractivity contribution is 4.96. The molecule has 0 aliphatic heterocycles. The number of hydrogen-bond acceptors (Lipinski definition) is 3. The molecule has 0 heterocycles. The minimum Gasteiger partial charge on any atom is -0.396 e. The van der Waals surface area contributed by atoms with Gasteiger partial charge in [-0.05, 0) is 50.5 Å². The summed E-state index contributed by atoms with van der Waals surface area (Å²) in [7, 11) is 0. The molecule has 16 heavy (non-hydrogen) atoms. The molecule has 96 valence electrons. The molecule has 0 atom stereocenters. The van der Waals surface area contributed by atoms with Gasteiger partial charge < -0.3 is 16.2 Å². The number of nitrogens with one attached hydrogen (secondary N) is 1. The van der Waals surface area contributed by atoms with Crippen LogP contribution in [0.2, 0.25) is 0 Å². The average Bonchev–Trinajstić information content (AvgIpc) is 2.27. The van der Waals surface area contributed by atoms with Crippen LogP contribution in [0, 0.1) is 5.41 Å². The summed E-state index contributed by atoms with van der Waals surface area (Å²) in [6, 6.07) is 0. The summed E-state index contributed by atoms with van der Waals surface area (Å²) < 4.78 is 0. The Bertz CT molecular complexity index is 194. The minimum absolute atomic E-state index is 0.172. The van der Waals surface area contributed by atoms with Gasteiger partial charge in [0.05, 0.1) is 0 Å². The third-order valence-electron chi connectivity index (χ3n) is 4.04. The highest BCUT2D eigenvalue weighted by Crippen LogP contribution is 2.39. The van der Waals surface area contributed by atoms with Crippen LogP contribution in [0.5, 0.6) is 0 Å². The fourth-order valence-corrected chi connectivity index (χ4v) is 2.45. The molecule has 0 amide bonds. The van der Waals surface area contributed by atoms with Crippen molar-refractivity contribution in [3.63, 3.8) is 0 Å². The molecule has 0 aromatic heterocycles. The molecule has 1 saturated carbocycles. The molecule has 3 heteroatoms. The van der Waals surface area contributed by atoms with Crippen LogP contribution >= 0.6 is 0 Å². The van der Waals surface area contributed by atoms with Gasteiger partial charge in [-0.2, -0.15) is 0 Å². The van der Waals surface area contributed by atoms with Crippen LogP contribution in [-0.2, 0) is 0 Å². The zero-order valence-electron chi connectivity index (χ0n) is 10.9. The zero-order chi connectivity index (χ0) is 12.1. The largest absolute Gasteiger partial charge is 0.396 e. The van der Waals surface area contributed by atoms with Crippen LogP contribution in [0.15, 0.2) is 0 Å². The third-order valence-corrected chi connectivity index (χ3v) is 4.04. The van der Waals surface area contributed by atoms with Crippen LogP contribution in [0.3, 0.4) is 0 Å². The Hall–Kier alpha value is -0.120. The molecule has 3 nitrogen and oxygen atoms in total. The molecule has 0 radical (unpaired) electrons. The Labute approximate surface area is 99.8 Å². The monoisotopic (exact) mass is 228 g/mol. The molecule has 1 fully saturated rings. The lowest BCUT2D eigenvalue weighted by molar-refractivity contribution is 0.139. The molecule has 0 aromatic carbocycles. The van der Waals surface area contributed by atoms with Crippen molar-refractivity contribution >= 4 is 0 Å². The molecule has 0 aromatic rings. The van der Waals surface area contributed by atoms with Crippen LogP contribution in [0.25, 0.3) is 0 Å². The zero-order valence-corrected chi connectivity index (χ0v) is 10.9. The Morgan fingerprint density at radius 1 is 1.12 bits per heavy atom. The molecule has 0 saturated heterocycles.